The number of allylic oxidation sites excluding steroid dienone is 2. The van der Waals surface area contributed by atoms with E-state index in [0.717, 1.165) is 94.4 Å². The van der Waals surface area contributed by atoms with Crippen LogP contribution in [0.5, 0.6) is 23.0 Å². The molecule has 4 aromatic carbocycles. The number of oxime groups is 1. The molecule has 0 radical (unpaired) electrons. The van der Waals surface area contributed by atoms with Gasteiger partial charge in [-0.05, 0) is 72.2 Å². The van der Waals surface area contributed by atoms with Crippen LogP contribution in [0.25, 0.3) is 12.2 Å². The highest BCUT2D eigenvalue weighted by Crippen LogP contribution is 2.47. The number of ketones is 1. The van der Waals surface area contributed by atoms with E-state index in [2.05, 4.69) is 123 Å². The minimum absolute atomic E-state index is 0.158. The Balaban J connectivity index is 0.000000135. The van der Waals surface area contributed by atoms with Crippen LogP contribution in [0.2, 0.25) is 0 Å². The van der Waals surface area contributed by atoms with Gasteiger partial charge >= 0.3 is 0 Å². The lowest BCUT2D eigenvalue weighted by Crippen LogP contribution is -2.30. The topological polar surface area (TPSA) is 144 Å². The molecule has 0 saturated heterocycles. The fraction of sp³-hybridized carbons (Fsp3) is 0.250. The molecule has 12 rings (SSSR count). The van der Waals surface area contributed by atoms with E-state index in [-0.39, 0.29) is 36.1 Å². The Bertz CT molecular complexity index is 2690. The van der Waals surface area contributed by atoms with Gasteiger partial charge in [-0.3, -0.25) is 15.0 Å². The Morgan fingerprint density at radius 3 is 1.56 bits per heavy atom. The molecule has 2 unspecified atom stereocenters. The van der Waals surface area contributed by atoms with Crippen LogP contribution in [0.1, 0.15) is 86.6 Å². The third kappa shape index (κ3) is 6.02. The molecule has 4 aliphatic carbocycles. The summed E-state index contributed by atoms with van der Waals surface area (Å²) in [4.78, 5) is 12.6. The quantitative estimate of drug-likeness (QED) is 0.0603. The zero-order chi connectivity index (χ0) is 39.6. The molecule has 2 fully saturated rings. The van der Waals surface area contributed by atoms with E-state index in [9.17, 15) is 10.0 Å². The van der Waals surface area contributed by atoms with Crippen molar-refractivity contribution in [3.05, 3.63) is 165 Å². The number of aromatic amines is 2. The van der Waals surface area contributed by atoms with Crippen molar-refractivity contribution in [1.82, 2.24) is 20.4 Å². The molecule has 2 atom stereocenters. The summed E-state index contributed by atoms with van der Waals surface area (Å²) < 4.78 is 22.3. The minimum atomic E-state index is -0.373. The zero-order valence-corrected chi connectivity index (χ0v) is 32.2. The average Bonchev–Trinajstić information content (AvgIpc) is 4.10. The normalized spacial score (nSPS) is 22.0. The first-order valence-electron chi connectivity index (χ1n) is 20.2. The number of nitrogens with zero attached hydrogens (tertiary/aromatic N) is 3. The first-order valence-corrected chi connectivity index (χ1v) is 20.2. The average molecular weight is 784 g/mol. The van der Waals surface area contributed by atoms with E-state index in [4.69, 9.17) is 18.9 Å². The van der Waals surface area contributed by atoms with Crippen molar-refractivity contribution in [3.8, 4) is 23.0 Å². The molecule has 294 valence electrons. The highest BCUT2D eigenvalue weighted by atomic mass is 16.7. The molecule has 2 aliphatic heterocycles. The number of hydrogen-bond acceptors (Lipinski definition) is 9. The van der Waals surface area contributed by atoms with Crippen molar-refractivity contribution in [3.63, 3.8) is 0 Å². The summed E-state index contributed by atoms with van der Waals surface area (Å²) in [6, 6.07) is 33.2. The lowest BCUT2D eigenvalue weighted by atomic mass is 9.68. The summed E-state index contributed by atoms with van der Waals surface area (Å²) >= 11 is 0. The molecule has 6 aliphatic rings. The molecule has 6 aromatic rings. The minimum Gasteiger partial charge on any atom is -0.454 e. The number of ether oxygens (including phenoxy) is 4. The van der Waals surface area contributed by atoms with Crippen molar-refractivity contribution in [2.24, 2.45) is 17.0 Å². The Labute approximate surface area is 340 Å². The molecule has 59 heavy (non-hydrogen) atoms. The molecule has 11 nitrogen and oxygen atoms in total. The third-order valence-corrected chi connectivity index (χ3v) is 12.6. The maximum Gasteiger partial charge on any atom is 0.231 e. The van der Waals surface area contributed by atoms with E-state index >= 15 is 0 Å². The maximum absolute atomic E-state index is 12.6. The summed E-state index contributed by atoms with van der Waals surface area (Å²) in [7, 11) is 0. The highest BCUT2D eigenvalue weighted by Gasteiger charge is 2.41. The van der Waals surface area contributed by atoms with Crippen LogP contribution in [0.3, 0.4) is 0 Å². The first kappa shape index (κ1) is 35.3. The second-order valence-corrected chi connectivity index (χ2v) is 16.2. The number of hydrogen-bond donors (Lipinski definition) is 3. The Morgan fingerprint density at radius 2 is 1.07 bits per heavy atom. The predicted octanol–water partition coefficient (Wildman–Crippen LogP) is 8.57. The Hall–Kier alpha value is -6.88. The van der Waals surface area contributed by atoms with Crippen LogP contribution in [-0.2, 0) is 23.7 Å². The van der Waals surface area contributed by atoms with Crippen LogP contribution in [0, 0.1) is 11.8 Å². The van der Waals surface area contributed by atoms with E-state index in [0.29, 0.717) is 23.7 Å². The van der Waals surface area contributed by atoms with Crippen molar-refractivity contribution in [2.75, 3.05) is 13.6 Å². The lowest BCUT2D eigenvalue weighted by molar-refractivity contribution is 0.0962. The van der Waals surface area contributed by atoms with Crippen molar-refractivity contribution < 1.29 is 28.9 Å². The Morgan fingerprint density at radius 1 is 0.593 bits per heavy atom. The van der Waals surface area contributed by atoms with Crippen molar-refractivity contribution in [2.45, 2.75) is 49.4 Å². The second-order valence-electron chi connectivity index (χ2n) is 16.2. The number of aromatic nitrogens is 4. The molecule has 4 heterocycles. The molecule has 0 spiro atoms. The molecule has 0 bridgehead atoms. The van der Waals surface area contributed by atoms with Gasteiger partial charge in [-0.1, -0.05) is 102 Å². The Kier molecular flexibility index (Phi) is 8.31. The molecular formula is C48H41N5O6. The van der Waals surface area contributed by atoms with E-state index in [1.54, 1.807) is 0 Å². The summed E-state index contributed by atoms with van der Waals surface area (Å²) in [5.74, 6) is 3.73. The van der Waals surface area contributed by atoms with Crippen molar-refractivity contribution in [1.29, 1.82) is 0 Å². The molecule has 2 aromatic heterocycles. The fourth-order valence-corrected chi connectivity index (χ4v) is 9.08. The van der Waals surface area contributed by atoms with Gasteiger partial charge in [-0.2, -0.15) is 10.2 Å². The molecule has 3 N–H and O–H groups in total. The summed E-state index contributed by atoms with van der Waals surface area (Å²) in [6.07, 6.45) is 14.1. The molecule has 2 saturated carbocycles. The molecule has 0 amide bonds. The van der Waals surface area contributed by atoms with Gasteiger partial charge in [-0.25, -0.2) is 0 Å². The molecular weight excluding hydrogens is 743 g/mol. The number of Topliss-reactive ketones (excluding diaryl/α,β-unsaturated/α-hetero) is 1. The second kappa shape index (κ2) is 13.9. The van der Waals surface area contributed by atoms with Crippen molar-refractivity contribution >= 4 is 23.6 Å². The van der Waals surface area contributed by atoms with Crippen LogP contribution < -0.4 is 18.9 Å². The van der Waals surface area contributed by atoms with E-state index in [1.807, 2.05) is 24.3 Å². The van der Waals surface area contributed by atoms with Gasteiger partial charge < -0.3 is 24.2 Å². The lowest BCUT2D eigenvalue weighted by Gasteiger charge is -2.34. The van der Waals surface area contributed by atoms with Gasteiger partial charge in [0.15, 0.2) is 28.8 Å². The van der Waals surface area contributed by atoms with E-state index in [1.165, 1.54) is 11.1 Å². The number of carbonyl (C=O) groups excluding carboxylic acids is 1. The summed E-state index contributed by atoms with van der Waals surface area (Å²) in [5.41, 5.74) is 9.93. The van der Waals surface area contributed by atoms with Crippen LogP contribution in [0.15, 0.2) is 114 Å². The van der Waals surface area contributed by atoms with Gasteiger partial charge in [0.1, 0.15) is 17.1 Å². The number of nitrogens with one attached hydrogen (secondary N) is 2. The van der Waals surface area contributed by atoms with Gasteiger partial charge in [-0.15, -0.1) is 0 Å². The number of rotatable bonds is 8. The van der Waals surface area contributed by atoms with Crippen LogP contribution in [-0.4, -0.2) is 50.7 Å². The predicted molar refractivity (Wildman–Crippen MR) is 220 cm³/mol. The standard InChI is InChI=1S/C24H21N3O3.C24H20N2O3/c28-27-22(15-6-7-15)23-18-10-11-24(13-19(18)25-26-23,16-4-2-1-3-5-16)17-8-9-20-21(12-17)30-14-29-20;27-23(15-6-7-15)22-18-10-11-24(13-19(18)25-26-22,16-4-2-1-3-5-16)17-8-9-20-21(12-17)29-14-28-20/h1-5,8-12,15,28H,6-7,13-14H2,(H,25,26);1-5,8-12,15H,6-7,13-14H2,(H,25,26). The fourth-order valence-electron chi connectivity index (χ4n) is 9.08. The molecule has 11 heteroatoms. The maximum atomic E-state index is 12.6. The number of fused-ring (bicyclic) bond motifs is 4. The number of carbonyl (C=O) groups is 1. The monoisotopic (exact) mass is 783 g/mol. The number of benzene rings is 4. The first-order chi connectivity index (χ1) is 29.0. The smallest absolute Gasteiger partial charge is 0.231 e. The number of H-pyrrole nitrogens is 2. The third-order valence-electron chi connectivity index (χ3n) is 12.6. The van der Waals surface area contributed by atoms with Crippen LogP contribution >= 0.6 is 0 Å². The summed E-state index contributed by atoms with van der Waals surface area (Å²) in [6.45, 7) is 0.510. The summed E-state index contributed by atoms with van der Waals surface area (Å²) in [5, 5.41) is 28.4. The largest absolute Gasteiger partial charge is 0.454 e. The SMILES string of the molecule is O=C(c1n[nH]c2c1C=CC(c1ccccc1)(c1ccc3c(c1)OCO3)C2)C1CC1.ON=C(c1n[nH]c2c1C=CC(c1ccccc1)(c1ccc3c(c1)OCO3)C2)C1CC1. The van der Waals surface area contributed by atoms with Gasteiger partial charge in [0.25, 0.3) is 0 Å². The van der Waals surface area contributed by atoms with E-state index < -0.39 is 0 Å². The van der Waals surface area contributed by atoms with Gasteiger partial charge in [0.2, 0.25) is 13.6 Å². The van der Waals surface area contributed by atoms with Crippen LogP contribution in [0.4, 0.5) is 0 Å². The van der Waals surface area contributed by atoms with Gasteiger partial charge in [0, 0.05) is 58.0 Å². The van der Waals surface area contributed by atoms with Gasteiger partial charge in [0.05, 0.1) is 0 Å². The zero-order valence-electron chi connectivity index (χ0n) is 32.2. The highest BCUT2D eigenvalue weighted by molar-refractivity contribution is 6.05.